The minimum atomic E-state index is 0.518. The Balaban J connectivity index is 2.19. The monoisotopic (exact) mass is 263 g/mol. The highest BCUT2D eigenvalue weighted by atomic mass is 15.3. The summed E-state index contributed by atoms with van der Waals surface area (Å²) in [6.45, 7) is 5.57. The molecule has 108 valence electrons. The summed E-state index contributed by atoms with van der Waals surface area (Å²) < 4.78 is 1.98. The van der Waals surface area contributed by atoms with Gasteiger partial charge in [-0.2, -0.15) is 5.10 Å². The Hall–Kier alpha value is -0.830. The van der Waals surface area contributed by atoms with Crippen LogP contribution in [0.15, 0.2) is 6.20 Å². The lowest BCUT2D eigenvalue weighted by atomic mass is 9.81. The first-order valence-electron chi connectivity index (χ1n) is 8.02. The van der Waals surface area contributed by atoms with Crippen LogP contribution in [0.5, 0.6) is 0 Å². The first-order valence-corrected chi connectivity index (χ1v) is 8.02. The van der Waals surface area contributed by atoms with Crippen LogP contribution in [-0.4, -0.2) is 16.3 Å². The summed E-state index contributed by atoms with van der Waals surface area (Å²) in [6, 6.07) is 0.518. The second-order valence-corrected chi connectivity index (χ2v) is 5.89. The first kappa shape index (κ1) is 14.6. The maximum Gasteiger partial charge on any atom is 0.0669 e. The Labute approximate surface area is 117 Å². The zero-order valence-corrected chi connectivity index (χ0v) is 12.8. The largest absolute Gasteiger partial charge is 0.310 e. The standard InChI is InChI=1S/C16H29N3/c1-4-11-17-16(13-9-7-6-8-10-13)14-12-19(3)18-15(14)5-2/h12-13,16-17H,4-11H2,1-3H3. The Morgan fingerprint density at radius 2 is 2.05 bits per heavy atom. The van der Waals surface area contributed by atoms with Crippen molar-refractivity contribution in [1.29, 1.82) is 0 Å². The molecule has 1 N–H and O–H groups in total. The number of nitrogens with one attached hydrogen (secondary N) is 1. The number of hydrogen-bond acceptors (Lipinski definition) is 2. The second kappa shape index (κ2) is 7.09. The maximum atomic E-state index is 4.63. The van der Waals surface area contributed by atoms with Crippen molar-refractivity contribution in [3.05, 3.63) is 17.5 Å². The van der Waals surface area contributed by atoms with Crippen molar-refractivity contribution in [2.75, 3.05) is 6.54 Å². The predicted octanol–water partition coefficient (Wildman–Crippen LogP) is 3.60. The molecule has 1 heterocycles. The highest BCUT2D eigenvalue weighted by Crippen LogP contribution is 2.35. The zero-order valence-electron chi connectivity index (χ0n) is 12.8. The van der Waals surface area contributed by atoms with E-state index >= 15 is 0 Å². The van der Waals surface area contributed by atoms with E-state index in [1.807, 2.05) is 11.7 Å². The Morgan fingerprint density at radius 3 is 2.68 bits per heavy atom. The summed E-state index contributed by atoms with van der Waals surface area (Å²) in [5, 5.41) is 8.42. The number of hydrogen-bond donors (Lipinski definition) is 1. The summed E-state index contributed by atoms with van der Waals surface area (Å²) in [5.41, 5.74) is 2.73. The molecule has 1 aromatic heterocycles. The molecule has 1 aliphatic carbocycles. The maximum absolute atomic E-state index is 4.63. The molecule has 0 spiro atoms. The van der Waals surface area contributed by atoms with E-state index in [0.717, 1.165) is 18.9 Å². The first-order chi connectivity index (χ1) is 9.26. The van der Waals surface area contributed by atoms with E-state index in [1.54, 1.807) is 0 Å². The molecular formula is C16H29N3. The minimum Gasteiger partial charge on any atom is -0.310 e. The average Bonchev–Trinajstić information content (AvgIpc) is 2.81. The highest BCUT2D eigenvalue weighted by Gasteiger charge is 2.27. The average molecular weight is 263 g/mol. The molecule has 0 amide bonds. The molecule has 3 heteroatoms. The molecule has 1 saturated carbocycles. The molecule has 0 aliphatic heterocycles. The van der Waals surface area contributed by atoms with Gasteiger partial charge in [-0.1, -0.05) is 33.1 Å². The third-order valence-electron chi connectivity index (χ3n) is 4.34. The van der Waals surface area contributed by atoms with Gasteiger partial charge in [-0.15, -0.1) is 0 Å². The van der Waals surface area contributed by atoms with Gasteiger partial charge in [0.1, 0.15) is 0 Å². The molecule has 1 aromatic rings. The fourth-order valence-corrected chi connectivity index (χ4v) is 3.39. The number of nitrogens with zero attached hydrogens (tertiary/aromatic N) is 2. The van der Waals surface area contributed by atoms with E-state index in [-0.39, 0.29) is 0 Å². The van der Waals surface area contributed by atoms with Gasteiger partial charge in [0.15, 0.2) is 0 Å². The fraction of sp³-hybridized carbons (Fsp3) is 0.812. The third kappa shape index (κ3) is 3.59. The van der Waals surface area contributed by atoms with Gasteiger partial charge in [0.2, 0.25) is 0 Å². The highest BCUT2D eigenvalue weighted by molar-refractivity contribution is 5.22. The van der Waals surface area contributed by atoms with Gasteiger partial charge < -0.3 is 5.32 Å². The van der Waals surface area contributed by atoms with Crippen molar-refractivity contribution in [2.24, 2.45) is 13.0 Å². The van der Waals surface area contributed by atoms with Crippen LogP contribution in [0.4, 0.5) is 0 Å². The topological polar surface area (TPSA) is 29.9 Å². The lowest BCUT2D eigenvalue weighted by Gasteiger charge is -2.31. The molecule has 19 heavy (non-hydrogen) atoms. The molecule has 2 rings (SSSR count). The van der Waals surface area contributed by atoms with Crippen LogP contribution in [0.25, 0.3) is 0 Å². The fourth-order valence-electron chi connectivity index (χ4n) is 3.39. The van der Waals surface area contributed by atoms with Crippen molar-refractivity contribution < 1.29 is 0 Å². The van der Waals surface area contributed by atoms with E-state index in [0.29, 0.717) is 6.04 Å². The summed E-state index contributed by atoms with van der Waals surface area (Å²) in [6.07, 6.45) is 11.4. The van der Waals surface area contributed by atoms with E-state index in [9.17, 15) is 0 Å². The van der Waals surface area contributed by atoms with Gasteiger partial charge in [0.05, 0.1) is 5.69 Å². The molecule has 1 fully saturated rings. The van der Waals surface area contributed by atoms with Crippen LogP contribution in [0.1, 0.15) is 69.7 Å². The second-order valence-electron chi connectivity index (χ2n) is 5.89. The number of aromatic nitrogens is 2. The van der Waals surface area contributed by atoms with E-state index < -0.39 is 0 Å². The Morgan fingerprint density at radius 1 is 1.32 bits per heavy atom. The van der Waals surface area contributed by atoms with Crippen LogP contribution >= 0.6 is 0 Å². The molecule has 0 aromatic carbocycles. The van der Waals surface area contributed by atoms with Crippen molar-refractivity contribution in [3.8, 4) is 0 Å². The predicted molar refractivity (Wildman–Crippen MR) is 80.2 cm³/mol. The summed E-state index contributed by atoms with van der Waals surface area (Å²) >= 11 is 0. The van der Waals surface area contributed by atoms with Gasteiger partial charge in [0, 0.05) is 24.8 Å². The molecule has 1 aliphatic rings. The lowest BCUT2D eigenvalue weighted by molar-refractivity contribution is 0.271. The summed E-state index contributed by atoms with van der Waals surface area (Å²) in [7, 11) is 2.04. The van der Waals surface area contributed by atoms with Crippen LogP contribution in [0.2, 0.25) is 0 Å². The van der Waals surface area contributed by atoms with E-state index in [2.05, 4.69) is 30.5 Å². The van der Waals surface area contributed by atoms with Gasteiger partial charge >= 0.3 is 0 Å². The van der Waals surface area contributed by atoms with Crippen molar-refractivity contribution in [2.45, 2.75) is 64.8 Å². The van der Waals surface area contributed by atoms with Gasteiger partial charge in [-0.05, 0) is 38.1 Å². The smallest absolute Gasteiger partial charge is 0.0669 e. The molecule has 1 atom stereocenters. The quantitative estimate of drug-likeness (QED) is 0.850. The third-order valence-corrected chi connectivity index (χ3v) is 4.34. The van der Waals surface area contributed by atoms with Gasteiger partial charge in [-0.25, -0.2) is 0 Å². The molecule has 0 saturated heterocycles. The summed E-state index contributed by atoms with van der Waals surface area (Å²) in [5.74, 6) is 0.801. The lowest BCUT2D eigenvalue weighted by Crippen LogP contribution is -2.30. The van der Waals surface area contributed by atoms with Crippen LogP contribution in [-0.2, 0) is 13.5 Å². The van der Waals surface area contributed by atoms with Gasteiger partial charge in [0.25, 0.3) is 0 Å². The van der Waals surface area contributed by atoms with Crippen LogP contribution < -0.4 is 5.32 Å². The van der Waals surface area contributed by atoms with E-state index in [1.165, 1.54) is 49.8 Å². The van der Waals surface area contributed by atoms with Crippen LogP contribution in [0.3, 0.4) is 0 Å². The van der Waals surface area contributed by atoms with Crippen molar-refractivity contribution in [1.82, 2.24) is 15.1 Å². The Bertz CT molecular complexity index is 377. The molecule has 1 unspecified atom stereocenters. The zero-order chi connectivity index (χ0) is 13.7. The van der Waals surface area contributed by atoms with Crippen LogP contribution in [0, 0.1) is 5.92 Å². The number of rotatable bonds is 6. The van der Waals surface area contributed by atoms with Gasteiger partial charge in [-0.3, -0.25) is 4.68 Å². The normalized spacial score (nSPS) is 18.7. The minimum absolute atomic E-state index is 0.518. The Kier molecular flexibility index (Phi) is 5.44. The molecule has 0 bridgehead atoms. The van der Waals surface area contributed by atoms with E-state index in [4.69, 9.17) is 0 Å². The number of aryl methyl sites for hydroxylation is 2. The molecular weight excluding hydrogens is 234 g/mol. The van der Waals surface area contributed by atoms with Crippen molar-refractivity contribution >= 4 is 0 Å². The molecule has 0 radical (unpaired) electrons. The SMILES string of the molecule is CCCNC(c1cn(C)nc1CC)C1CCCCC1. The molecule has 3 nitrogen and oxygen atoms in total. The summed E-state index contributed by atoms with van der Waals surface area (Å²) in [4.78, 5) is 0. The van der Waals surface area contributed by atoms with Crippen molar-refractivity contribution in [3.63, 3.8) is 0 Å².